The van der Waals surface area contributed by atoms with Crippen molar-refractivity contribution in [2.75, 3.05) is 13.1 Å². The molecule has 1 N–H and O–H groups in total. The molecule has 0 bridgehead atoms. The van der Waals surface area contributed by atoms with Crippen LogP contribution in [-0.4, -0.2) is 54.0 Å². The molecule has 0 saturated carbocycles. The van der Waals surface area contributed by atoms with Crippen LogP contribution in [0, 0.1) is 6.92 Å². The van der Waals surface area contributed by atoms with Gasteiger partial charge in [0.2, 0.25) is 0 Å². The average Bonchev–Trinajstić information content (AvgIpc) is 3.09. The Bertz CT molecular complexity index is 1260. The highest BCUT2D eigenvalue weighted by Crippen LogP contribution is 2.24. The van der Waals surface area contributed by atoms with Crippen LogP contribution in [0.15, 0.2) is 33.9 Å². The van der Waals surface area contributed by atoms with Crippen molar-refractivity contribution >= 4 is 17.3 Å². The molecule has 1 fully saturated rings. The summed E-state index contributed by atoms with van der Waals surface area (Å²) < 4.78 is 10.3. The minimum Gasteiger partial charge on any atom is -0.465 e. The molecule has 164 valence electrons. The fourth-order valence-electron chi connectivity index (χ4n) is 3.97. The first-order chi connectivity index (χ1) is 14.8. The number of aryl methyl sites for hydroxylation is 2. The van der Waals surface area contributed by atoms with Crippen molar-refractivity contribution in [3.8, 4) is 6.01 Å². The molecule has 3 heterocycles. The van der Waals surface area contributed by atoms with E-state index in [-0.39, 0.29) is 17.8 Å². The molecule has 1 aliphatic rings. The third-order valence-corrected chi connectivity index (χ3v) is 5.72. The lowest BCUT2D eigenvalue weighted by molar-refractivity contribution is 0.0825. The maximum atomic E-state index is 13.0. The van der Waals surface area contributed by atoms with E-state index in [1.165, 1.54) is 16.5 Å². The van der Waals surface area contributed by atoms with E-state index in [2.05, 4.69) is 4.98 Å². The largest absolute Gasteiger partial charge is 0.465 e. The predicted octanol–water partition coefficient (Wildman–Crippen LogP) is 1.31. The summed E-state index contributed by atoms with van der Waals surface area (Å²) in [6.45, 7) is 3.09. The number of rotatable bonds is 4. The maximum absolute atomic E-state index is 13.0. The molecular weight excluding hydrogens is 402 g/mol. The zero-order valence-electron chi connectivity index (χ0n) is 17.7. The van der Waals surface area contributed by atoms with E-state index in [1.807, 2.05) is 31.2 Å². The molecule has 0 aliphatic carbocycles. The van der Waals surface area contributed by atoms with Crippen molar-refractivity contribution in [3.63, 3.8) is 0 Å². The van der Waals surface area contributed by atoms with E-state index in [9.17, 15) is 14.4 Å². The monoisotopic (exact) mass is 427 g/mol. The van der Waals surface area contributed by atoms with Gasteiger partial charge >= 0.3 is 11.8 Å². The van der Waals surface area contributed by atoms with Crippen molar-refractivity contribution in [1.82, 2.24) is 23.6 Å². The summed E-state index contributed by atoms with van der Waals surface area (Å²) >= 11 is 0. The fraction of sp³-hybridized carbons (Fsp3) is 0.429. The van der Waals surface area contributed by atoms with E-state index in [4.69, 9.17) is 9.84 Å². The van der Waals surface area contributed by atoms with Gasteiger partial charge in [-0.05, 0) is 12.5 Å². The molecule has 2 aromatic heterocycles. The number of benzene rings is 1. The van der Waals surface area contributed by atoms with Crippen LogP contribution in [0.1, 0.15) is 24.0 Å². The Hall–Kier alpha value is -3.56. The Labute approximate surface area is 177 Å². The fourth-order valence-corrected chi connectivity index (χ4v) is 3.97. The first kappa shape index (κ1) is 20.7. The summed E-state index contributed by atoms with van der Waals surface area (Å²) in [5, 5.41) is 9.15. The molecule has 1 saturated heterocycles. The second-order valence-corrected chi connectivity index (χ2v) is 7.93. The van der Waals surface area contributed by atoms with Crippen molar-refractivity contribution in [2.24, 2.45) is 14.1 Å². The molecule has 0 radical (unpaired) electrons. The number of carbonyl (C=O) groups is 1. The van der Waals surface area contributed by atoms with E-state index < -0.39 is 17.3 Å². The Morgan fingerprint density at radius 2 is 1.90 bits per heavy atom. The van der Waals surface area contributed by atoms with Gasteiger partial charge in [-0.25, -0.2) is 9.59 Å². The van der Waals surface area contributed by atoms with Crippen molar-refractivity contribution in [2.45, 2.75) is 32.4 Å². The van der Waals surface area contributed by atoms with Crippen LogP contribution < -0.4 is 16.0 Å². The van der Waals surface area contributed by atoms with E-state index in [0.717, 1.165) is 15.7 Å². The van der Waals surface area contributed by atoms with Crippen LogP contribution in [0.25, 0.3) is 11.2 Å². The molecule has 0 spiro atoms. The molecule has 1 aliphatic heterocycles. The highest BCUT2D eigenvalue weighted by molar-refractivity contribution is 5.72. The molecule has 1 aromatic carbocycles. The van der Waals surface area contributed by atoms with Crippen LogP contribution in [-0.2, 0) is 20.6 Å². The van der Waals surface area contributed by atoms with Gasteiger partial charge in [-0.1, -0.05) is 29.8 Å². The number of aromatic nitrogens is 4. The number of ether oxygens (including phenoxy) is 1. The van der Waals surface area contributed by atoms with Crippen molar-refractivity contribution in [1.29, 1.82) is 0 Å². The van der Waals surface area contributed by atoms with Crippen LogP contribution in [0.3, 0.4) is 0 Å². The van der Waals surface area contributed by atoms with Gasteiger partial charge in [0.1, 0.15) is 6.10 Å². The summed E-state index contributed by atoms with van der Waals surface area (Å²) in [6.07, 6.45) is -0.124. The number of nitrogens with zero attached hydrogens (tertiary/aromatic N) is 5. The first-order valence-electron chi connectivity index (χ1n) is 10.1. The lowest BCUT2D eigenvalue weighted by atomic mass is 10.1. The first-order valence-corrected chi connectivity index (χ1v) is 10.1. The van der Waals surface area contributed by atoms with Crippen LogP contribution in [0.4, 0.5) is 4.79 Å². The topological polar surface area (TPSA) is 112 Å². The van der Waals surface area contributed by atoms with Crippen molar-refractivity contribution in [3.05, 3.63) is 56.2 Å². The van der Waals surface area contributed by atoms with E-state index in [0.29, 0.717) is 38.0 Å². The highest BCUT2D eigenvalue weighted by Gasteiger charge is 2.27. The number of amides is 1. The molecule has 10 heteroatoms. The molecule has 0 unspecified atom stereocenters. The molecule has 10 nitrogen and oxygen atoms in total. The predicted molar refractivity (Wildman–Crippen MR) is 114 cm³/mol. The summed E-state index contributed by atoms with van der Waals surface area (Å²) in [4.78, 5) is 42.4. The second-order valence-electron chi connectivity index (χ2n) is 7.93. The van der Waals surface area contributed by atoms with Gasteiger partial charge in [0, 0.05) is 40.0 Å². The maximum Gasteiger partial charge on any atom is 0.407 e. The molecule has 4 rings (SSSR count). The van der Waals surface area contributed by atoms with Gasteiger partial charge in [0.25, 0.3) is 11.6 Å². The normalized spacial score (nSPS) is 14.9. The van der Waals surface area contributed by atoms with E-state index >= 15 is 0 Å². The summed E-state index contributed by atoms with van der Waals surface area (Å²) in [7, 11) is 3.01. The van der Waals surface area contributed by atoms with Crippen LogP contribution >= 0.6 is 0 Å². The highest BCUT2D eigenvalue weighted by atomic mass is 16.5. The lowest BCUT2D eigenvalue weighted by Crippen LogP contribution is -2.41. The number of fused-ring (bicyclic) bond motifs is 1. The third-order valence-electron chi connectivity index (χ3n) is 5.72. The molecule has 3 aromatic rings. The smallest absolute Gasteiger partial charge is 0.407 e. The number of carboxylic acid groups (broad SMARTS) is 1. The van der Waals surface area contributed by atoms with Gasteiger partial charge in [0.15, 0.2) is 11.2 Å². The van der Waals surface area contributed by atoms with E-state index in [1.54, 1.807) is 11.6 Å². The zero-order valence-corrected chi connectivity index (χ0v) is 17.7. The number of piperidine rings is 1. The van der Waals surface area contributed by atoms with Gasteiger partial charge < -0.3 is 14.7 Å². The quantitative estimate of drug-likeness (QED) is 0.672. The Kier molecular flexibility index (Phi) is 5.30. The summed E-state index contributed by atoms with van der Waals surface area (Å²) in [5.41, 5.74) is 1.72. The molecular formula is C21H25N5O5. The van der Waals surface area contributed by atoms with Gasteiger partial charge in [0.05, 0.1) is 6.54 Å². The number of hydrogen-bond acceptors (Lipinski definition) is 5. The van der Waals surface area contributed by atoms with Gasteiger partial charge in [-0.3, -0.25) is 18.5 Å². The van der Waals surface area contributed by atoms with Gasteiger partial charge in [-0.2, -0.15) is 4.98 Å². The average molecular weight is 427 g/mol. The minimum absolute atomic E-state index is 0.232. The molecule has 1 amide bonds. The lowest BCUT2D eigenvalue weighted by Gasteiger charge is -2.29. The van der Waals surface area contributed by atoms with Crippen LogP contribution in [0.5, 0.6) is 6.01 Å². The zero-order chi connectivity index (χ0) is 22.3. The minimum atomic E-state index is -0.941. The number of imidazole rings is 1. The van der Waals surface area contributed by atoms with Crippen LogP contribution in [0.2, 0.25) is 0 Å². The van der Waals surface area contributed by atoms with Crippen molar-refractivity contribution < 1.29 is 14.6 Å². The number of hydrogen-bond donors (Lipinski definition) is 1. The SMILES string of the molecule is Cc1cccc(Cn2c(OC3CCN(C(=O)O)CC3)nc3c2c(=O)n(C)c(=O)n3C)c1. The Morgan fingerprint density at radius 1 is 1.19 bits per heavy atom. The third kappa shape index (κ3) is 3.80. The van der Waals surface area contributed by atoms with Gasteiger partial charge in [-0.15, -0.1) is 0 Å². The standard InChI is InChI=1S/C21H25N5O5/c1-13-5-4-6-14(11-13)12-26-16-17(23(2)20(28)24(3)18(16)27)22-19(26)31-15-7-9-25(10-8-15)21(29)30/h4-6,11,15H,7-10,12H2,1-3H3,(H,29,30). The summed E-state index contributed by atoms with van der Waals surface area (Å²) in [6, 6.07) is 8.17. The molecule has 0 atom stereocenters. The Balaban J connectivity index is 1.78. The Morgan fingerprint density at radius 3 is 2.55 bits per heavy atom. The summed E-state index contributed by atoms with van der Waals surface area (Å²) in [5.74, 6) is 0. The molecule has 31 heavy (non-hydrogen) atoms. The second kappa shape index (κ2) is 7.93. The number of likely N-dealkylation sites (tertiary alicyclic amines) is 1.